The molecule has 0 bridgehead atoms. The molecule has 1 atom stereocenters. The van der Waals surface area contributed by atoms with Crippen molar-refractivity contribution >= 4 is 11.6 Å². The topological polar surface area (TPSA) is 26.0 Å². The highest BCUT2D eigenvalue weighted by atomic mass is 35.5. The van der Waals surface area contributed by atoms with Crippen molar-refractivity contribution in [3.8, 4) is 0 Å². The van der Waals surface area contributed by atoms with Crippen LogP contribution in [-0.4, -0.2) is 0 Å². The van der Waals surface area contributed by atoms with Gasteiger partial charge in [0.05, 0.1) is 0 Å². The second-order valence-corrected chi connectivity index (χ2v) is 4.61. The van der Waals surface area contributed by atoms with Crippen molar-refractivity contribution in [3.05, 3.63) is 70.0 Å². The summed E-state index contributed by atoms with van der Waals surface area (Å²) in [5, 5.41) is 0.529. The van der Waals surface area contributed by atoms with Crippen molar-refractivity contribution < 1.29 is 13.2 Å². The maximum atomic E-state index is 13.1. The quantitative estimate of drug-likeness (QED) is 0.848. The Morgan fingerprint density at radius 3 is 2.21 bits per heavy atom. The molecule has 0 spiro atoms. The van der Waals surface area contributed by atoms with Gasteiger partial charge in [0, 0.05) is 11.1 Å². The van der Waals surface area contributed by atoms with Crippen LogP contribution in [0.15, 0.2) is 36.4 Å². The zero-order chi connectivity index (χ0) is 14.0. The Bertz CT molecular complexity index is 578. The zero-order valence-electron chi connectivity index (χ0n) is 9.84. The van der Waals surface area contributed by atoms with Crippen LogP contribution in [0, 0.1) is 17.5 Å². The van der Waals surface area contributed by atoms with Crippen LogP contribution in [0.5, 0.6) is 0 Å². The molecule has 1 unspecified atom stereocenters. The lowest BCUT2D eigenvalue weighted by atomic mass is 9.99. The smallest absolute Gasteiger partial charge is 0.194 e. The molecule has 0 saturated carbocycles. The molecule has 100 valence electrons. The van der Waals surface area contributed by atoms with Crippen molar-refractivity contribution in [1.29, 1.82) is 0 Å². The van der Waals surface area contributed by atoms with E-state index in [1.54, 1.807) is 24.3 Å². The van der Waals surface area contributed by atoms with Gasteiger partial charge in [-0.1, -0.05) is 29.8 Å². The molecule has 2 aromatic rings. The summed E-state index contributed by atoms with van der Waals surface area (Å²) in [4.78, 5) is 0. The zero-order valence-corrected chi connectivity index (χ0v) is 10.6. The van der Waals surface area contributed by atoms with Crippen molar-refractivity contribution in [3.63, 3.8) is 0 Å². The lowest BCUT2D eigenvalue weighted by molar-refractivity contribution is 0.443. The SMILES string of the molecule is NC(Cc1ccccc1Cl)c1cc(F)c(F)c(F)c1. The van der Waals surface area contributed by atoms with Crippen molar-refractivity contribution in [2.45, 2.75) is 12.5 Å². The summed E-state index contributed by atoms with van der Waals surface area (Å²) in [5.74, 6) is -3.98. The first-order chi connectivity index (χ1) is 8.99. The summed E-state index contributed by atoms with van der Waals surface area (Å²) in [5.41, 5.74) is 6.83. The third-order valence-electron chi connectivity index (χ3n) is 2.83. The Balaban J connectivity index is 2.26. The summed E-state index contributed by atoms with van der Waals surface area (Å²) in [7, 11) is 0. The summed E-state index contributed by atoms with van der Waals surface area (Å²) in [6, 6.07) is 8.19. The van der Waals surface area contributed by atoms with Gasteiger partial charge >= 0.3 is 0 Å². The van der Waals surface area contributed by atoms with Gasteiger partial charge in [0.1, 0.15) is 0 Å². The van der Waals surface area contributed by atoms with Crippen molar-refractivity contribution in [1.82, 2.24) is 0 Å². The van der Waals surface area contributed by atoms with Gasteiger partial charge in [0.2, 0.25) is 0 Å². The van der Waals surface area contributed by atoms with Gasteiger partial charge in [-0.2, -0.15) is 0 Å². The summed E-state index contributed by atoms with van der Waals surface area (Å²) >= 11 is 5.98. The third-order valence-corrected chi connectivity index (χ3v) is 3.20. The molecule has 2 rings (SSSR count). The van der Waals surface area contributed by atoms with Crippen LogP contribution in [0.4, 0.5) is 13.2 Å². The molecule has 0 radical (unpaired) electrons. The van der Waals surface area contributed by atoms with E-state index in [4.69, 9.17) is 17.3 Å². The first-order valence-corrected chi connectivity index (χ1v) is 6.00. The molecular weight excluding hydrogens is 275 g/mol. The molecule has 0 aliphatic carbocycles. The predicted molar refractivity (Wildman–Crippen MR) is 68.4 cm³/mol. The van der Waals surface area contributed by atoms with Crippen molar-refractivity contribution in [2.24, 2.45) is 5.73 Å². The highest BCUT2D eigenvalue weighted by Crippen LogP contribution is 2.24. The molecule has 0 fully saturated rings. The summed E-state index contributed by atoms with van der Waals surface area (Å²) in [6.07, 6.45) is 0.310. The molecule has 5 heteroatoms. The van der Waals surface area contributed by atoms with E-state index < -0.39 is 23.5 Å². The second kappa shape index (κ2) is 5.63. The number of benzene rings is 2. The third kappa shape index (κ3) is 3.08. The molecule has 1 nitrogen and oxygen atoms in total. The van der Waals surface area contributed by atoms with E-state index in [-0.39, 0.29) is 5.56 Å². The number of nitrogens with two attached hydrogens (primary N) is 1. The molecular formula is C14H11ClF3N. The van der Waals surface area contributed by atoms with Crippen LogP contribution in [0.25, 0.3) is 0 Å². The highest BCUT2D eigenvalue weighted by Gasteiger charge is 2.15. The van der Waals surface area contributed by atoms with Gasteiger partial charge in [-0.05, 0) is 35.7 Å². The van der Waals surface area contributed by atoms with Gasteiger partial charge in [-0.3, -0.25) is 0 Å². The van der Waals surface area contributed by atoms with Crippen molar-refractivity contribution in [2.75, 3.05) is 0 Å². The minimum Gasteiger partial charge on any atom is -0.324 e. The molecule has 0 heterocycles. The van der Waals surface area contributed by atoms with Crippen LogP contribution in [0.2, 0.25) is 5.02 Å². The van der Waals surface area contributed by atoms with E-state index in [1.165, 1.54) is 0 Å². The van der Waals surface area contributed by atoms with Crippen LogP contribution in [0.1, 0.15) is 17.2 Å². The fourth-order valence-electron chi connectivity index (χ4n) is 1.81. The van der Waals surface area contributed by atoms with Gasteiger partial charge in [-0.25, -0.2) is 13.2 Å². The largest absolute Gasteiger partial charge is 0.324 e. The average Bonchev–Trinajstić information content (AvgIpc) is 2.38. The highest BCUT2D eigenvalue weighted by molar-refractivity contribution is 6.31. The molecule has 0 aromatic heterocycles. The fourth-order valence-corrected chi connectivity index (χ4v) is 2.02. The van der Waals surface area contributed by atoms with E-state index >= 15 is 0 Å². The second-order valence-electron chi connectivity index (χ2n) is 4.20. The lowest BCUT2D eigenvalue weighted by Gasteiger charge is -2.13. The number of hydrogen-bond donors (Lipinski definition) is 1. The Kier molecular flexibility index (Phi) is 4.12. The molecule has 0 saturated heterocycles. The molecule has 2 aromatic carbocycles. The minimum absolute atomic E-state index is 0.191. The first kappa shape index (κ1) is 13.9. The number of hydrogen-bond acceptors (Lipinski definition) is 1. The van der Waals surface area contributed by atoms with E-state index in [0.29, 0.717) is 11.4 Å². The van der Waals surface area contributed by atoms with Gasteiger partial charge < -0.3 is 5.73 Å². The minimum atomic E-state index is -1.49. The van der Waals surface area contributed by atoms with E-state index in [1.807, 2.05) is 0 Å². The first-order valence-electron chi connectivity index (χ1n) is 5.62. The average molecular weight is 286 g/mol. The molecule has 0 aliphatic heterocycles. The number of rotatable bonds is 3. The van der Waals surface area contributed by atoms with Crippen LogP contribution < -0.4 is 5.73 Å². The monoisotopic (exact) mass is 285 g/mol. The molecule has 2 N–H and O–H groups in total. The summed E-state index contributed by atoms with van der Waals surface area (Å²) < 4.78 is 39.1. The van der Waals surface area contributed by atoms with Gasteiger partial charge in [-0.15, -0.1) is 0 Å². The Morgan fingerprint density at radius 1 is 1.05 bits per heavy atom. The van der Waals surface area contributed by atoms with Crippen LogP contribution in [-0.2, 0) is 6.42 Å². The van der Waals surface area contributed by atoms with E-state index in [2.05, 4.69) is 0 Å². The Morgan fingerprint density at radius 2 is 1.63 bits per heavy atom. The maximum Gasteiger partial charge on any atom is 0.194 e. The standard InChI is InChI=1S/C14H11ClF3N/c15-10-4-2-1-3-8(10)7-13(19)9-5-11(16)14(18)12(17)6-9/h1-6,13H,7,19H2. The van der Waals surface area contributed by atoms with Crippen LogP contribution >= 0.6 is 11.6 Å². The fraction of sp³-hybridized carbons (Fsp3) is 0.143. The lowest BCUT2D eigenvalue weighted by Crippen LogP contribution is -2.14. The van der Waals surface area contributed by atoms with E-state index in [0.717, 1.165) is 17.7 Å². The molecule has 0 aliphatic rings. The molecule has 19 heavy (non-hydrogen) atoms. The van der Waals surface area contributed by atoms with Gasteiger partial charge in [0.25, 0.3) is 0 Å². The van der Waals surface area contributed by atoms with Gasteiger partial charge in [0.15, 0.2) is 17.5 Å². The molecule has 0 amide bonds. The Labute approximate surface area is 113 Å². The van der Waals surface area contributed by atoms with Crippen LogP contribution in [0.3, 0.4) is 0 Å². The predicted octanol–water partition coefficient (Wildman–Crippen LogP) is 4.00. The normalized spacial score (nSPS) is 12.5. The number of halogens is 4. The Hall–Kier alpha value is -1.52. The van der Waals surface area contributed by atoms with E-state index in [9.17, 15) is 13.2 Å². The summed E-state index contributed by atoms with van der Waals surface area (Å²) in [6.45, 7) is 0. The maximum absolute atomic E-state index is 13.1.